The molecule has 1 saturated carbocycles. The molecule has 0 aliphatic heterocycles. The van der Waals surface area contributed by atoms with Gasteiger partial charge >= 0.3 is 0 Å². The summed E-state index contributed by atoms with van der Waals surface area (Å²) in [5.41, 5.74) is 1.18. The minimum Gasteiger partial charge on any atom is -0.344 e. The molecule has 3 rings (SSSR count). The van der Waals surface area contributed by atoms with E-state index in [0.29, 0.717) is 6.04 Å². The third kappa shape index (κ3) is 2.51. The summed E-state index contributed by atoms with van der Waals surface area (Å²) < 4.78 is 2.37. The van der Waals surface area contributed by atoms with Crippen LogP contribution in [-0.4, -0.2) is 4.57 Å². The van der Waals surface area contributed by atoms with Crippen molar-refractivity contribution in [3.63, 3.8) is 0 Å². The van der Waals surface area contributed by atoms with Gasteiger partial charge in [0, 0.05) is 22.6 Å². The molecular weight excluding hydrogens is 277 g/mol. The predicted octanol–water partition coefficient (Wildman–Crippen LogP) is 6.09. The summed E-state index contributed by atoms with van der Waals surface area (Å²) in [5.74, 6) is 0.922. The quantitative estimate of drug-likeness (QED) is 0.632. The standard InChI is InChI=1S/C16H19Cl2N/c1-2-11-3-5-13(6-4-11)19-8-7-14-15(18)9-12(17)10-16(14)19/h7-11,13H,2-6H2,1H3. The van der Waals surface area contributed by atoms with Crippen molar-refractivity contribution in [1.29, 1.82) is 0 Å². The second-order valence-electron chi connectivity index (χ2n) is 5.63. The monoisotopic (exact) mass is 295 g/mol. The summed E-state index contributed by atoms with van der Waals surface area (Å²) in [7, 11) is 0. The summed E-state index contributed by atoms with van der Waals surface area (Å²) in [4.78, 5) is 0. The van der Waals surface area contributed by atoms with E-state index in [1.807, 2.05) is 12.1 Å². The summed E-state index contributed by atoms with van der Waals surface area (Å²) in [6.45, 7) is 2.30. The minimum atomic E-state index is 0.606. The van der Waals surface area contributed by atoms with Gasteiger partial charge in [-0.1, -0.05) is 36.5 Å². The first-order chi connectivity index (χ1) is 9.19. The Bertz CT molecular complexity index is 580. The van der Waals surface area contributed by atoms with E-state index in [-0.39, 0.29) is 0 Å². The molecule has 1 nitrogen and oxygen atoms in total. The normalized spacial score (nSPS) is 23.9. The van der Waals surface area contributed by atoms with Gasteiger partial charge in [0.1, 0.15) is 0 Å². The van der Waals surface area contributed by atoms with Crippen LogP contribution < -0.4 is 0 Å². The molecule has 1 aliphatic rings. The molecule has 1 heterocycles. The second kappa shape index (κ2) is 5.38. The molecule has 0 N–H and O–H groups in total. The Kier molecular flexibility index (Phi) is 3.77. The van der Waals surface area contributed by atoms with Crippen molar-refractivity contribution in [3.05, 3.63) is 34.4 Å². The SMILES string of the molecule is CCC1CCC(n2ccc3c(Cl)cc(Cl)cc32)CC1. The number of benzene rings is 1. The number of halogens is 2. The average Bonchev–Trinajstić information content (AvgIpc) is 2.83. The van der Waals surface area contributed by atoms with Crippen molar-refractivity contribution in [2.75, 3.05) is 0 Å². The Labute approximate surface area is 124 Å². The number of hydrogen-bond donors (Lipinski definition) is 0. The lowest BCUT2D eigenvalue weighted by atomic mass is 9.84. The van der Waals surface area contributed by atoms with E-state index in [2.05, 4.69) is 23.8 Å². The fourth-order valence-electron chi connectivity index (χ4n) is 3.33. The highest BCUT2D eigenvalue weighted by Gasteiger charge is 2.22. The van der Waals surface area contributed by atoms with Gasteiger partial charge in [-0.2, -0.15) is 0 Å². The maximum absolute atomic E-state index is 6.26. The second-order valence-corrected chi connectivity index (χ2v) is 6.47. The zero-order valence-electron chi connectivity index (χ0n) is 11.2. The number of fused-ring (bicyclic) bond motifs is 1. The van der Waals surface area contributed by atoms with Crippen molar-refractivity contribution in [3.8, 4) is 0 Å². The van der Waals surface area contributed by atoms with Gasteiger partial charge in [0.15, 0.2) is 0 Å². The van der Waals surface area contributed by atoms with Crippen molar-refractivity contribution < 1.29 is 0 Å². The van der Waals surface area contributed by atoms with Gasteiger partial charge in [0.25, 0.3) is 0 Å². The molecule has 3 heteroatoms. The number of hydrogen-bond acceptors (Lipinski definition) is 0. The largest absolute Gasteiger partial charge is 0.344 e. The molecule has 1 aliphatic carbocycles. The minimum absolute atomic E-state index is 0.606. The Hall–Kier alpha value is -0.660. The van der Waals surface area contributed by atoms with Gasteiger partial charge in [-0.15, -0.1) is 0 Å². The third-order valence-corrected chi connectivity index (χ3v) is 5.07. The lowest BCUT2D eigenvalue weighted by molar-refractivity contribution is 0.273. The zero-order valence-corrected chi connectivity index (χ0v) is 12.7. The molecule has 2 aromatic rings. The van der Waals surface area contributed by atoms with Crippen LogP contribution in [0.3, 0.4) is 0 Å². The van der Waals surface area contributed by atoms with Gasteiger partial charge < -0.3 is 4.57 Å². The van der Waals surface area contributed by atoms with Crippen LogP contribution in [0, 0.1) is 5.92 Å². The third-order valence-electron chi connectivity index (χ3n) is 4.54. The maximum atomic E-state index is 6.26. The molecule has 0 amide bonds. The van der Waals surface area contributed by atoms with Crippen LogP contribution in [0.2, 0.25) is 10.0 Å². The molecule has 0 radical (unpaired) electrons. The fraction of sp³-hybridized carbons (Fsp3) is 0.500. The highest BCUT2D eigenvalue weighted by atomic mass is 35.5. The van der Waals surface area contributed by atoms with E-state index in [1.165, 1.54) is 37.6 Å². The maximum Gasteiger partial charge on any atom is 0.0514 e. The zero-order chi connectivity index (χ0) is 13.4. The van der Waals surface area contributed by atoms with Crippen molar-refractivity contribution in [2.24, 2.45) is 5.92 Å². The Morgan fingerprint density at radius 1 is 1.16 bits per heavy atom. The van der Waals surface area contributed by atoms with Crippen LogP contribution in [0.25, 0.3) is 10.9 Å². The van der Waals surface area contributed by atoms with Crippen LogP contribution in [0.15, 0.2) is 24.4 Å². The molecule has 0 unspecified atom stereocenters. The molecule has 1 fully saturated rings. The Morgan fingerprint density at radius 3 is 2.58 bits per heavy atom. The number of rotatable bonds is 2. The highest BCUT2D eigenvalue weighted by Crippen LogP contribution is 2.37. The smallest absolute Gasteiger partial charge is 0.0514 e. The number of nitrogens with zero attached hydrogens (tertiary/aromatic N) is 1. The first-order valence-electron chi connectivity index (χ1n) is 7.14. The van der Waals surface area contributed by atoms with E-state index in [0.717, 1.165) is 21.3 Å². The van der Waals surface area contributed by atoms with E-state index < -0.39 is 0 Å². The van der Waals surface area contributed by atoms with Gasteiger partial charge in [-0.25, -0.2) is 0 Å². The van der Waals surface area contributed by atoms with Gasteiger partial charge in [0.2, 0.25) is 0 Å². The van der Waals surface area contributed by atoms with Crippen LogP contribution in [0.5, 0.6) is 0 Å². The van der Waals surface area contributed by atoms with E-state index >= 15 is 0 Å². The molecule has 0 spiro atoms. The Morgan fingerprint density at radius 2 is 1.89 bits per heavy atom. The van der Waals surface area contributed by atoms with Crippen LogP contribution in [0.1, 0.15) is 45.1 Å². The molecule has 1 aromatic carbocycles. The van der Waals surface area contributed by atoms with E-state index in [1.54, 1.807) is 0 Å². The van der Waals surface area contributed by atoms with E-state index in [9.17, 15) is 0 Å². The van der Waals surface area contributed by atoms with E-state index in [4.69, 9.17) is 23.2 Å². The van der Waals surface area contributed by atoms with Gasteiger partial charge in [-0.3, -0.25) is 0 Å². The predicted molar refractivity (Wildman–Crippen MR) is 83.2 cm³/mol. The molecule has 102 valence electrons. The Balaban J connectivity index is 1.93. The van der Waals surface area contributed by atoms with Gasteiger partial charge in [0.05, 0.1) is 10.5 Å². The number of aromatic nitrogens is 1. The molecule has 19 heavy (non-hydrogen) atoms. The molecule has 0 atom stereocenters. The summed E-state index contributed by atoms with van der Waals surface area (Å²) in [5, 5.41) is 2.59. The van der Waals surface area contributed by atoms with Crippen LogP contribution in [-0.2, 0) is 0 Å². The molecule has 0 bridgehead atoms. The summed E-state index contributed by atoms with van der Waals surface area (Å²) in [6.07, 6.45) is 8.71. The lowest BCUT2D eigenvalue weighted by Crippen LogP contribution is -2.17. The summed E-state index contributed by atoms with van der Waals surface area (Å²) in [6, 6.07) is 6.58. The first kappa shape index (κ1) is 13.3. The van der Waals surface area contributed by atoms with Crippen molar-refractivity contribution in [1.82, 2.24) is 4.57 Å². The summed E-state index contributed by atoms with van der Waals surface area (Å²) >= 11 is 12.4. The van der Waals surface area contributed by atoms with Crippen LogP contribution in [0.4, 0.5) is 0 Å². The fourth-order valence-corrected chi connectivity index (χ4v) is 3.88. The van der Waals surface area contributed by atoms with Crippen molar-refractivity contribution in [2.45, 2.75) is 45.1 Å². The highest BCUT2D eigenvalue weighted by molar-refractivity contribution is 6.38. The lowest BCUT2D eigenvalue weighted by Gasteiger charge is -2.29. The first-order valence-corrected chi connectivity index (χ1v) is 7.90. The van der Waals surface area contributed by atoms with Crippen LogP contribution >= 0.6 is 23.2 Å². The van der Waals surface area contributed by atoms with Crippen molar-refractivity contribution >= 4 is 34.1 Å². The van der Waals surface area contributed by atoms with Gasteiger partial charge in [-0.05, 0) is 49.8 Å². The molecular formula is C16H19Cl2N. The molecule has 0 saturated heterocycles. The average molecular weight is 296 g/mol. The topological polar surface area (TPSA) is 4.93 Å². The molecule has 1 aromatic heterocycles.